The minimum absolute atomic E-state index is 0.0729. The summed E-state index contributed by atoms with van der Waals surface area (Å²) in [4.78, 5) is 0. The molecule has 1 aromatic carbocycles. The largest absolute Gasteiger partial charge is 0.386 e. The summed E-state index contributed by atoms with van der Waals surface area (Å²) in [5.41, 5.74) is 1.08. The summed E-state index contributed by atoms with van der Waals surface area (Å²) in [6.45, 7) is 2.60. The number of aliphatic hydroxyl groups excluding tert-OH is 1. The van der Waals surface area contributed by atoms with E-state index in [1.165, 1.54) is 6.07 Å². The van der Waals surface area contributed by atoms with Gasteiger partial charge in [0.1, 0.15) is 5.82 Å². The monoisotopic (exact) mass is 268 g/mol. The van der Waals surface area contributed by atoms with Crippen molar-refractivity contribution in [3.63, 3.8) is 0 Å². The van der Waals surface area contributed by atoms with Crippen LogP contribution in [0.5, 0.6) is 0 Å². The zero-order valence-electron chi connectivity index (χ0n) is 9.98. The second kappa shape index (κ2) is 5.50. The summed E-state index contributed by atoms with van der Waals surface area (Å²) in [6.07, 6.45) is 1.01. The standard InChI is InChI=1S/C13H14ClFN2O/c1-2-17-11(6-7-16-17)12(18)8-9-4-3-5-10(14)13(9)15/h3-7,12,18H,2,8H2,1H3. The minimum Gasteiger partial charge on any atom is -0.386 e. The quantitative estimate of drug-likeness (QED) is 0.926. The van der Waals surface area contributed by atoms with E-state index in [1.54, 1.807) is 29.1 Å². The van der Waals surface area contributed by atoms with Crippen molar-refractivity contribution in [3.8, 4) is 0 Å². The van der Waals surface area contributed by atoms with Crippen molar-refractivity contribution >= 4 is 11.6 Å². The van der Waals surface area contributed by atoms with Gasteiger partial charge in [0.15, 0.2) is 0 Å². The highest BCUT2D eigenvalue weighted by atomic mass is 35.5. The molecule has 5 heteroatoms. The van der Waals surface area contributed by atoms with E-state index in [1.807, 2.05) is 6.92 Å². The fourth-order valence-electron chi connectivity index (χ4n) is 1.91. The number of rotatable bonds is 4. The molecule has 1 atom stereocenters. The molecular formula is C13H14ClFN2O. The third kappa shape index (κ3) is 2.54. The SMILES string of the molecule is CCn1nccc1C(O)Cc1cccc(Cl)c1F. The van der Waals surface area contributed by atoms with E-state index in [0.717, 1.165) is 0 Å². The number of hydrogen-bond donors (Lipinski definition) is 1. The number of nitrogens with zero attached hydrogens (tertiary/aromatic N) is 2. The molecule has 0 spiro atoms. The van der Waals surface area contributed by atoms with Crippen molar-refractivity contribution in [1.29, 1.82) is 0 Å². The van der Waals surface area contributed by atoms with Crippen molar-refractivity contribution in [1.82, 2.24) is 9.78 Å². The topological polar surface area (TPSA) is 38.0 Å². The Morgan fingerprint density at radius 2 is 2.22 bits per heavy atom. The van der Waals surface area contributed by atoms with Crippen molar-refractivity contribution in [2.24, 2.45) is 0 Å². The Kier molecular flexibility index (Phi) is 3.99. The van der Waals surface area contributed by atoms with E-state index >= 15 is 0 Å². The first-order chi connectivity index (χ1) is 8.63. The minimum atomic E-state index is -0.791. The van der Waals surface area contributed by atoms with Crippen molar-refractivity contribution < 1.29 is 9.50 Å². The first kappa shape index (κ1) is 13.1. The molecule has 2 rings (SSSR count). The van der Waals surface area contributed by atoms with Gasteiger partial charge in [0.2, 0.25) is 0 Å². The predicted octanol–water partition coefficient (Wildman–Crippen LogP) is 2.97. The van der Waals surface area contributed by atoms with Crippen molar-refractivity contribution in [3.05, 3.63) is 52.6 Å². The highest BCUT2D eigenvalue weighted by Gasteiger charge is 2.16. The molecule has 2 aromatic rings. The number of aromatic nitrogens is 2. The summed E-state index contributed by atoms with van der Waals surface area (Å²) in [5.74, 6) is -0.471. The second-order valence-corrected chi connectivity index (χ2v) is 4.41. The Balaban J connectivity index is 2.21. The number of aliphatic hydroxyl groups is 1. The van der Waals surface area contributed by atoms with Gasteiger partial charge in [0, 0.05) is 19.2 Å². The first-order valence-electron chi connectivity index (χ1n) is 5.76. The van der Waals surface area contributed by atoms with Crippen LogP contribution in [0.25, 0.3) is 0 Å². The Morgan fingerprint density at radius 1 is 1.44 bits per heavy atom. The molecule has 0 saturated heterocycles. The van der Waals surface area contributed by atoms with E-state index in [2.05, 4.69) is 5.10 Å². The van der Waals surface area contributed by atoms with E-state index < -0.39 is 11.9 Å². The summed E-state index contributed by atoms with van der Waals surface area (Å²) < 4.78 is 15.4. The Labute approximate surface area is 110 Å². The molecule has 0 saturated carbocycles. The second-order valence-electron chi connectivity index (χ2n) is 4.00. The Hall–Kier alpha value is -1.39. The van der Waals surface area contributed by atoms with Crippen LogP contribution >= 0.6 is 11.6 Å². The maximum Gasteiger partial charge on any atom is 0.145 e. The molecule has 18 heavy (non-hydrogen) atoms. The summed E-state index contributed by atoms with van der Waals surface area (Å²) in [7, 11) is 0. The molecule has 1 aromatic heterocycles. The molecule has 0 amide bonds. The molecule has 3 nitrogen and oxygen atoms in total. The number of halogens is 2. The third-order valence-electron chi connectivity index (χ3n) is 2.84. The average Bonchev–Trinajstić information content (AvgIpc) is 2.83. The number of benzene rings is 1. The predicted molar refractivity (Wildman–Crippen MR) is 68.0 cm³/mol. The third-order valence-corrected chi connectivity index (χ3v) is 3.13. The molecule has 1 N–H and O–H groups in total. The lowest BCUT2D eigenvalue weighted by Gasteiger charge is -2.13. The summed E-state index contributed by atoms with van der Waals surface area (Å²) in [5, 5.41) is 14.3. The van der Waals surface area contributed by atoms with Crippen LogP contribution in [-0.4, -0.2) is 14.9 Å². The molecule has 0 aliphatic heterocycles. The molecule has 0 radical (unpaired) electrons. The van der Waals surface area contributed by atoms with Crippen LogP contribution in [0.2, 0.25) is 5.02 Å². The van der Waals surface area contributed by atoms with Gasteiger partial charge in [-0.15, -0.1) is 0 Å². The lowest BCUT2D eigenvalue weighted by Crippen LogP contribution is -2.10. The van der Waals surface area contributed by atoms with Crippen LogP contribution < -0.4 is 0 Å². The molecule has 0 fully saturated rings. The maximum atomic E-state index is 13.7. The maximum absolute atomic E-state index is 13.7. The van der Waals surface area contributed by atoms with Crippen LogP contribution in [-0.2, 0) is 13.0 Å². The Bertz CT molecular complexity index is 542. The number of aryl methyl sites for hydroxylation is 1. The van der Waals surface area contributed by atoms with Crippen LogP contribution in [0, 0.1) is 5.82 Å². The molecule has 0 aliphatic rings. The Morgan fingerprint density at radius 3 is 2.94 bits per heavy atom. The molecule has 0 bridgehead atoms. The van der Waals surface area contributed by atoms with Crippen molar-refractivity contribution in [2.45, 2.75) is 26.0 Å². The molecule has 1 heterocycles. The first-order valence-corrected chi connectivity index (χ1v) is 6.14. The highest BCUT2D eigenvalue weighted by molar-refractivity contribution is 6.30. The van der Waals surface area contributed by atoms with Gasteiger partial charge < -0.3 is 5.11 Å². The van der Waals surface area contributed by atoms with Gasteiger partial charge in [0.25, 0.3) is 0 Å². The van der Waals surface area contributed by atoms with Crippen molar-refractivity contribution in [2.75, 3.05) is 0 Å². The van der Waals surface area contributed by atoms with Gasteiger partial charge in [-0.3, -0.25) is 4.68 Å². The van der Waals surface area contributed by atoms with E-state index in [0.29, 0.717) is 17.8 Å². The fourth-order valence-corrected chi connectivity index (χ4v) is 2.10. The van der Waals surface area contributed by atoms with E-state index in [9.17, 15) is 9.50 Å². The molecular weight excluding hydrogens is 255 g/mol. The molecule has 96 valence electrons. The van der Waals surface area contributed by atoms with Crippen LogP contribution in [0.1, 0.15) is 24.3 Å². The fraction of sp³-hybridized carbons (Fsp3) is 0.308. The zero-order valence-corrected chi connectivity index (χ0v) is 10.7. The van der Waals surface area contributed by atoms with Crippen LogP contribution in [0.3, 0.4) is 0 Å². The lowest BCUT2D eigenvalue weighted by molar-refractivity contribution is 0.166. The van der Waals surface area contributed by atoms with Gasteiger partial charge in [-0.25, -0.2) is 4.39 Å². The van der Waals surface area contributed by atoms with E-state index in [-0.39, 0.29) is 11.4 Å². The van der Waals surface area contributed by atoms with Crippen LogP contribution in [0.15, 0.2) is 30.5 Å². The smallest absolute Gasteiger partial charge is 0.145 e. The van der Waals surface area contributed by atoms with Gasteiger partial charge in [-0.2, -0.15) is 5.10 Å². The highest BCUT2D eigenvalue weighted by Crippen LogP contribution is 2.23. The average molecular weight is 269 g/mol. The van der Waals surface area contributed by atoms with E-state index in [4.69, 9.17) is 11.6 Å². The summed E-state index contributed by atoms with van der Waals surface area (Å²) in [6, 6.07) is 6.52. The van der Waals surface area contributed by atoms with Gasteiger partial charge in [-0.1, -0.05) is 23.7 Å². The number of hydrogen-bond acceptors (Lipinski definition) is 2. The van der Waals surface area contributed by atoms with Gasteiger partial charge in [-0.05, 0) is 24.6 Å². The van der Waals surface area contributed by atoms with Crippen LogP contribution in [0.4, 0.5) is 4.39 Å². The van der Waals surface area contributed by atoms with Gasteiger partial charge in [0.05, 0.1) is 16.8 Å². The zero-order chi connectivity index (χ0) is 13.1. The van der Waals surface area contributed by atoms with Gasteiger partial charge >= 0.3 is 0 Å². The summed E-state index contributed by atoms with van der Waals surface area (Å²) >= 11 is 5.71. The normalized spacial score (nSPS) is 12.7. The molecule has 0 aliphatic carbocycles. The molecule has 1 unspecified atom stereocenters. The lowest BCUT2D eigenvalue weighted by atomic mass is 10.1.